The van der Waals surface area contributed by atoms with Gasteiger partial charge < -0.3 is 9.73 Å². The van der Waals surface area contributed by atoms with Crippen molar-refractivity contribution in [1.29, 1.82) is 0 Å². The van der Waals surface area contributed by atoms with Crippen LogP contribution in [-0.4, -0.2) is 18.9 Å². The van der Waals surface area contributed by atoms with Gasteiger partial charge in [0.25, 0.3) is 0 Å². The fourth-order valence-corrected chi connectivity index (χ4v) is 1.93. The molecule has 0 bridgehead atoms. The van der Waals surface area contributed by atoms with Crippen molar-refractivity contribution in [3.8, 4) is 0 Å². The number of Topliss-reactive ketones (excluding diaryl/α,β-unsaturated/α-hetero) is 1. The molecule has 2 heterocycles. The standard InChI is InChI=1S/C9H10BrNO2/c10-7-2-4-13-9(7)8(12)6-1-3-11-5-6/h2,4,6,11H,1,3,5H2. The molecule has 13 heavy (non-hydrogen) atoms. The lowest BCUT2D eigenvalue weighted by molar-refractivity contribution is 0.0901. The summed E-state index contributed by atoms with van der Waals surface area (Å²) in [7, 11) is 0. The number of rotatable bonds is 2. The van der Waals surface area contributed by atoms with E-state index < -0.39 is 0 Å². The van der Waals surface area contributed by atoms with E-state index in [4.69, 9.17) is 4.42 Å². The summed E-state index contributed by atoms with van der Waals surface area (Å²) >= 11 is 3.28. The van der Waals surface area contributed by atoms with Gasteiger partial charge >= 0.3 is 0 Å². The Hall–Kier alpha value is -0.610. The third-order valence-corrected chi connectivity index (χ3v) is 2.90. The first-order valence-electron chi connectivity index (χ1n) is 4.27. The van der Waals surface area contributed by atoms with E-state index in [-0.39, 0.29) is 11.7 Å². The Kier molecular flexibility index (Phi) is 2.51. The largest absolute Gasteiger partial charge is 0.460 e. The molecule has 2 rings (SSSR count). The molecular weight excluding hydrogens is 234 g/mol. The topological polar surface area (TPSA) is 42.2 Å². The van der Waals surface area contributed by atoms with Crippen LogP contribution in [0, 0.1) is 5.92 Å². The molecule has 1 aromatic heterocycles. The summed E-state index contributed by atoms with van der Waals surface area (Å²) in [5, 5.41) is 3.16. The van der Waals surface area contributed by atoms with Gasteiger partial charge in [-0.25, -0.2) is 0 Å². The van der Waals surface area contributed by atoms with Crippen LogP contribution in [0.25, 0.3) is 0 Å². The summed E-state index contributed by atoms with van der Waals surface area (Å²) in [6, 6.07) is 1.75. The normalized spacial score (nSPS) is 22.1. The summed E-state index contributed by atoms with van der Waals surface area (Å²) in [5.74, 6) is 0.637. The number of nitrogens with one attached hydrogen (secondary N) is 1. The molecule has 1 aliphatic heterocycles. The average molecular weight is 244 g/mol. The lowest BCUT2D eigenvalue weighted by atomic mass is 10.0. The molecule has 0 amide bonds. The molecule has 4 heteroatoms. The molecule has 1 aliphatic rings. The minimum atomic E-state index is 0.0856. The third-order valence-electron chi connectivity index (χ3n) is 2.27. The second-order valence-corrected chi connectivity index (χ2v) is 4.01. The minimum absolute atomic E-state index is 0.0856. The molecule has 1 aromatic rings. The van der Waals surface area contributed by atoms with Crippen molar-refractivity contribution in [3.05, 3.63) is 22.6 Å². The van der Waals surface area contributed by atoms with E-state index in [1.54, 1.807) is 6.07 Å². The van der Waals surface area contributed by atoms with Gasteiger partial charge in [0.1, 0.15) is 0 Å². The molecular formula is C9H10BrNO2. The second kappa shape index (κ2) is 3.64. The number of carbonyl (C=O) groups is 1. The highest BCUT2D eigenvalue weighted by Crippen LogP contribution is 2.23. The van der Waals surface area contributed by atoms with Gasteiger partial charge in [-0.3, -0.25) is 4.79 Å². The van der Waals surface area contributed by atoms with E-state index >= 15 is 0 Å². The van der Waals surface area contributed by atoms with E-state index in [1.165, 1.54) is 6.26 Å². The van der Waals surface area contributed by atoms with Crippen LogP contribution >= 0.6 is 15.9 Å². The number of carbonyl (C=O) groups excluding carboxylic acids is 1. The van der Waals surface area contributed by atoms with Gasteiger partial charge in [0.05, 0.1) is 10.7 Å². The predicted molar refractivity (Wildman–Crippen MR) is 51.7 cm³/mol. The summed E-state index contributed by atoms with van der Waals surface area (Å²) in [4.78, 5) is 11.8. The van der Waals surface area contributed by atoms with Crippen molar-refractivity contribution < 1.29 is 9.21 Å². The molecule has 1 atom stereocenters. The van der Waals surface area contributed by atoms with Crippen molar-refractivity contribution in [3.63, 3.8) is 0 Å². The first-order valence-corrected chi connectivity index (χ1v) is 5.06. The zero-order valence-electron chi connectivity index (χ0n) is 7.05. The van der Waals surface area contributed by atoms with Crippen molar-refractivity contribution in [1.82, 2.24) is 5.32 Å². The Bertz CT molecular complexity index is 315. The molecule has 1 unspecified atom stereocenters. The monoisotopic (exact) mass is 243 g/mol. The van der Waals surface area contributed by atoms with Gasteiger partial charge in [-0.15, -0.1) is 0 Å². The van der Waals surface area contributed by atoms with Crippen molar-refractivity contribution in [2.45, 2.75) is 6.42 Å². The van der Waals surface area contributed by atoms with Crippen molar-refractivity contribution in [2.24, 2.45) is 5.92 Å². The minimum Gasteiger partial charge on any atom is -0.460 e. The Morgan fingerprint density at radius 3 is 3.08 bits per heavy atom. The zero-order valence-corrected chi connectivity index (χ0v) is 8.63. The third kappa shape index (κ3) is 1.69. The van der Waals surface area contributed by atoms with Crippen molar-refractivity contribution in [2.75, 3.05) is 13.1 Å². The van der Waals surface area contributed by atoms with Crippen LogP contribution in [0.15, 0.2) is 21.2 Å². The van der Waals surface area contributed by atoms with E-state index in [1.807, 2.05) is 0 Å². The SMILES string of the molecule is O=C(c1occc1Br)C1CCNC1. The van der Waals surface area contributed by atoms with Crippen LogP contribution < -0.4 is 5.32 Å². The Labute approximate surface area is 84.6 Å². The van der Waals surface area contributed by atoms with E-state index in [9.17, 15) is 4.79 Å². The maximum absolute atomic E-state index is 11.8. The molecule has 0 aliphatic carbocycles. The van der Waals surface area contributed by atoms with Gasteiger partial charge in [-0.1, -0.05) is 0 Å². The van der Waals surface area contributed by atoms with Gasteiger partial charge in [0, 0.05) is 12.5 Å². The number of ketones is 1. The van der Waals surface area contributed by atoms with E-state index in [0.717, 1.165) is 24.0 Å². The summed E-state index contributed by atoms with van der Waals surface area (Å²) in [5.41, 5.74) is 0. The van der Waals surface area contributed by atoms with Gasteiger partial charge in [0.2, 0.25) is 5.78 Å². The van der Waals surface area contributed by atoms with E-state index in [2.05, 4.69) is 21.2 Å². The summed E-state index contributed by atoms with van der Waals surface area (Å²) < 4.78 is 5.87. The Morgan fingerprint density at radius 2 is 2.54 bits per heavy atom. The summed E-state index contributed by atoms with van der Waals surface area (Å²) in [6.07, 6.45) is 2.44. The Balaban J connectivity index is 2.17. The zero-order chi connectivity index (χ0) is 9.26. The molecule has 1 fully saturated rings. The van der Waals surface area contributed by atoms with Crippen LogP contribution in [0.2, 0.25) is 0 Å². The highest BCUT2D eigenvalue weighted by molar-refractivity contribution is 9.10. The predicted octanol–water partition coefficient (Wildman–Crippen LogP) is 1.83. The van der Waals surface area contributed by atoms with Gasteiger partial charge in [-0.2, -0.15) is 0 Å². The molecule has 70 valence electrons. The van der Waals surface area contributed by atoms with E-state index in [0.29, 0.717) is 5.76 Å². The fourth-order valence-electron chi connectivity index (χ4n) is 1.53. The fraction of sp³-hybridized carbons (Fsp3) is 0.444. The first-order chi connectivity index (χ1) is 6.29. The Morgan fingerprint density at radius 1 is 1.69 bits per heavy atom. The lowest BCUT2D eigenvalue weighted by Crippen LogP contribution is -2.17. The van der Waals surface area contributed by atoms with Crippen LogP contribution in [-0.2, 0) is 0 Å². The highest BCUT2D eigenvalue weighted by atomic mass is 79.9. The number of furan rings is 1. The number of hydrogen-bond acceptors (Lipinski definition) is 3. The average Bonchev–Trinajstić information content (AvgIpc) is 2.72. The van der Waals surface area contributed by atoms with Crippen LogP contribution in [0.3, 0.4) is 0 Å². The molecule has 0 saturated carbocycles. The molecule has 3 nitrogen and oxygen atoms in total. The van der Waals surface area contributed by atoms with Crippen LogP contribution in [0.1, 0.15) is 17.0 Å². The maximum atomic E-state index is 11.8. The highest BCUT2D eigenvalue weighted by Gasteiger charge is 2.26. The van der Waals surface area contributed by atoms with Gasteiger partial charge in [-0.05, 0) is 35.0 Å². The molecule has 0 aromatic carbocycles. The smallest absolute Gasteiger partial charge is 0.203 e. The van der Waals surface area contributed by atoms with Crippen LogP contribution in [0.5, 0.6) is 0 Å². The number of halogens is 1. The lowest BCUT2D eigenvalue weighted by Gasteiger charge is -2.03. The first kappa shape index (κ1) is 8.97. The maximum Gasteiger partial charge on any atom is 0.203 e. The number of hydrogen-bond donors (Lipinski definition) is 1. The molecule has 1 N–H and O–H groups in total. The molecule has 0 spiro atoms. The summed E-state index contributed by atoms with van der Waals surface area (Å²) in [6.45, 7) is 1.70. The van der Waals surface area contributed by atoms with Crippen LogP contribution in [0.4, 0.5) is 0 Å². The quantitative estimate of drug-likeness (QED) is 0.807. The van der Waals surface area contributed by atoms with Crippen molar-refractivity contribution >= 4 is 21.7 Å². The second-order valence-electron chi connectivity index (χ2n) is 3.15. The molecule has 1 saturated heterocycles. The van der Waals surface area contributed by atoms with Gasteiger partial charge in [0.15, 0.2) is 5.76 Å². The molecule has 0 radical (unpaired) electrons.